The number of ether oxygens (including phenoxy) is 1. The van der Waals surface area contributed by atoms with Crippen LogP contribution in [0, 0.1) is 12.8 Å². The first-order valence-electron chi connectivity index (χ1n) is 17.2. The zero-order valence-electron chi connectivity index (χ0n) is 29.8. The maximum absolute atomic E-state index is 11.5. The van der Waals surface area contributed by atoms with Crippen molar-refractivity contribution in [3.05, 3.63) is 141 Å². The Morgan fingerprint density at radius 1 is 0.896 bits per heavy atom. The van der Waals surface area contributed by atoms with E-state index in [0.717, 1.165) is 59.4 Å². The van der Waals surface area contributed by atoms with Crippen molar-refractivity contribution < 1.29 is 14.0 Å². The molecule has 0 N–H and O–H groups in total. The first kappa shape index (κ1) is 37.4. The summed E-state index contributed by atoms with van der Waals surface area (Å²) in [7, 11) is -2.07. The second kappa shape index (κ2) is 17.3. The molecule has 0 bridgehead atoms. The Kier molecular flexibility index (Phi) is 13.5. The van der Waals surface area contributed by atoms with E-state index in [1.54, 1.807) is 11.3 Å². The van der Waals surface area contributed by atoms with Crippen molar-refractivity contribution in [3.63, 3.8) is 0 Å². The zero-order valence-corrected chi connectivity index (χ0v) is 31.6. The average molecular weight is 680 g/mol. The van der Waals surface area contributed by atoms with Crippen LogP contribution >= 0.6 is 11.3 Å². The molecule has 1 aromatic heterocycles. The lowest BCUT2D eigenvalue weighted by molar-refractivity contribution is -0.110. The summed E-state index contributed by atoms with van der Waals surface area (Å²) in [5, 5.41) is 3.23. The number of aryl methyl sites for hydroxylation is 1. The van der Waals surface area contributed by atoms with E-state index in [-0.39, 0.29) is 17.1 Å². The van der Waals surface area contributed by atoms with Gasteiger partial charge in [-0.15, -0.1) is 11.3 Å². The third kappa shape index (κ3) is 10.0. The van der Waals surface area contributed by atoms with Crippen molar-refractivity contribution in [3.8, 4) is 0 Å². The third-order valence-corrected chi connectivity index (χ3v) is 14.7. The summed E-state index contributed by atoms with van der Waals surface area (Å²) >= 11 is 1.66. The summed E-state index contributed by atoms with van der Waals surface area (Å²) < 4.78 is 14.2. The van der Waals surface area contributed by atoms with Gasteiger partial charge in [0.15, 0.2) is 8.32 Å². The molecule has 0 spiro atoms. The highest BCUT2D eigenvalue weighted by atomic mass is 32.1. The van der Waals surface area contributed by atoms with Crippen molar-refractivity contribution in [2.45, 2.75) is 90.1 Å². The van der Waals surface area contributed by atoms with Crippen molar-refractivity contribution in [1.82, 2.24) is 4.98 Å². The first-order chi connectivity index (χ1) is 22.9. The van der Waals surface area contributed by atoms with Crippen LogP contribution in [-0.4, -0.2) is 32.3 Å². The van der Waals surface area contributed by atoms with Crippen LogP contribution < -0.4 is 0 Å². The van der Waals surface area contributed by atoms with Crippen LogP contribution in [0.25, 0.3) is 6.08 Å². The molecule has 0 aliphatic rings. The molecular weight excluding hydrogens is 627 g/mol. The van der Waals surface area contributed by atoms with E-state index in [9.17, 15) is 4.79 Å². The summed E-state index contributed by atoms with van der Waals surface area (Å²) in [5.41, 5.74) is 4.61. The number of aromatic nitrogens is 1. The summed E-state index contributed by atoms with van der Waals surface area (Å²) in [4.78, 5) is 16.1. The minimum absolute atomic E-state index is 0.0309. The first-order valence-corrected chi connectivity index (χ1v) is 21.0. The molecule has 3 aromatic carbocycles. The Hall–Kier alpha value is -3.42. The molecule has 0 saturated heterocycles. The molecule has 254 valence electrons. The van der Waals surface area contributed by atoms with Gasteiger partial charge in [-0.25, -0.2) is 4.98 Å². The molecule has 4 aromatic rings. The Labute approximate surface area is 294 Å². The normalized spacial score (nSPS) is 14.3. The number of carbonyl (C=O) groups is 1. The summed E-state index contributed by atoms with van der Waals surface area (Å²) in [6.45, 7) is 15.9. The highest BCUT2D eigenvalue weighted by molar-refractivity contribution is 7.09. The van der Waals surface area contributed by atoms with Gasteiger partial charge in [-0.05, 0) is 79.1 Å². The predicted octanol–water partition coefficient (Wildman–Crippen LogP) is 11.2. The van der Waals surface area contributed by atoms with E-state index in [1.165, 1.54) is 5.57 Å². The van der Waals surface area contributed by atoms with Crippen molar-refractivity contribution in [2.75, 3.05) is 6.61 Å². The maximum Gasteiger partial charge on any atom is 0.192 e. The van der Waals surface area contributed by atoms with E-state index in [4.69, 9.17) is 9.16 Å². The van der Waals surface area contributed by atoms with E-state index in [0.29, 0.717) is 6.61 Å². The highest BCUT2D eigenvalue weighted by Gasteiger charge is 2.39. The van der Waals surface area contributed by atoms with Crippen LogP contribution in [-0.2, 0) is 19.6 Å². The van der Waals surface area contributed by atoms with E-state index < -0.39 is 13.9 Å². The van der Waals surface area contributed by atoms with E-state index >= 15 is 0 Å². The van der Waals surface area contributed by atoms with Crippen LogP contribution in [0.15, 0.2) is 114 Å². The van der Waals surface area contributed by atoms with Gasteiger partial charge in [0.25, 0.3) is 0 Å². The summed E-state index contributed by atoms with van der Waals surface area (Å²) in [6.07, 6.45) is 10.9. The van der Waals surface area contributed by atoms with Gasteiger partial charge in [0, 0.05) is 11.3 Å². The molecule has 1 heterocycles. The van der Waals surface area contributed by atoms with Gasteiger partial charge in [0.2, 0.25) is 0 Å². The van der Waals surface area contributed by atoms with Crippen molar-refractivity contribution in [2.24, 2.45) is 5.92 Å². The maximum atomic E-state index is 11.5. The molecule has 0 aliphatic carbocycles. The van der Waals surface area contributed by atoms with Gasteiger partial charge in [0.1, 0.15) is 11.9 Å². The lowest BCUT2D eigenvalue weighted by Gasteiger charge is -2.38. The Morgan fingerprint density at radius 3 is 1.90 bits per heavy atom. The van der Waals surface area contributed by atoms with Gasteiger partial charge in [-0.1, -0.05) is 131 Å². The standard InChI is InChI=1S/C42H53NO3SSi/c1-33(30-44)18-17-19-35(26-28-40(46-48(6,7)41(3,4)5)29-27-39-32-47-34(2)43-39)31-45-42(36-20-11-8-12-21-36,37-22-13-9-14-23-37)38-24-15-10-16-25-38/h8-16,20-27,29-30,32-33,40H,17-19,28,31H2,1-7H3/b29-27+,35-26+/t33-,40-/m0/s1. The number of carbonyl (C=O) groups excluding carboxylic acids is 1. The van der Waals surface area contributed by atoms with E-state index in [2.05, 4.69) is 135 Å². The third-order valence-electron chi connectivity index (χ3n) is 9.41. The molecule has 0 amide bonds. The second-order valence-corrected chi connectivity index (χ2v) is 20.1. The van der Waals surface area contributed by atoms with E-state index in [1.807, 2.05) is 32.0 Å². The van der Waals surface area contributed by atoms with Gasteiger partial charge in [-0.3, -0.25) is 0 Å². The van der Waals surface area contributed by atoms with Crippen LogP contribution in [0.1, 0.15) is 80.8 Å². The predicted molar refractivity (Wildman–Crippen MR) is 205 cm³/mol. The quantitative estimate of drug-likeness (QED) is 0.0482. The number of thiazole rings is 1. The molecule has 48 heavy (non-hydrogen) atoms. The molecule has 0 aliphatic heterocycles. The fourth-order valence-corrected chi connectivity index (χ4v) is 7.45. The number of hydrogen-bond donors (Lipinski definition) is 0. The smallest absolute Gasteiger partial charge is 0.192 e. The monoisotopic (exact) mass is 679 g/mol. The lowest BCUT2D eigenvalue weighted by atomic mass is 9.80. The topological polar surface area (TPSA) is 48.4 Å². The highest BCUT2D eigenvalue weighted by Crippen LogP contribution is 2.41. The molecule has 0 unspecified atom stereocenters. The number of rotatable bonds is 17. The SMILES string of the molecule is Cc1nc(/C=C/[C@H](C/C=C(\CCC[C@H](C)C=O)COC(c2ccccc2)(c2ccccc2)c2ccccc2)O[Si](C)(C)C(C)(C)C)cs1. The number of hydrogen-bond acceptors (Lipinski definition) is 5. The Balaban J connectivity index is 1.72. The molecule has 4 rings (SSSR count). The number of nitrogens with zero attached hydrogens (tertiary/aromatic N) is 1. The molecule has 0 saturated carbocycles. The minimum Gasteiger partial charge on any atom is -0.410 e. The van der Waals surface area contributed by atoms with Gasteiger partial charge >= 0.3 is 0 Å². The fraction of sp³-hybridized carbons (Fsp3) is 0.381. The number of aldehydes is 1. The largest absolute Gasteiger partial charge is 0.410 e. The molecule has 6 heteroatoms. The molecule has 0 radical (unpaired) electrons. The van der Waals surface area contributed by atoms with Crippen LogP contribution in [0.2, 0.25) is 18.1 Å². The summed E-state index contributed by atoms with van der Waals surface area (Å²) in [5.74, 6) is 0.0309. The zero-order chi connectivity index (χ0) is 34.6. The fourth-order valence-electron chi connectivity index (χ4n) is 5.59. The summed E-state index contributed by atoms with van der Waals surface area (Å²) in [6, 6.07) is 31.6. The van der Waals surface area contributed by atoms with Crippen molar-refractivity contribution >= 4 is 32.0 Å². The molecule has 4 nitrogen and oxygen atoms in total. The molecular formula is C42H53NO3SSi. The Bertz CT molecular complexity index is 1510. The number of benzene rings is 3. The van der Waals surface area contributed by atoms with Crippen LogP contribution in [0.3, 0.4) is 0 Å². The van der Waals surface area contributed by atoms with Crippen LogP contribution in [0.4, 0.5) is 0 Å². The van der Waals surface area contributed by atoms with Gasteiger partial charge in [-0.2, -0.15) is 0 Å². The second-order valence-electron chi connectivity index (χ2n) is 14.2. The van der Waals surface area contributed by atoms with Gasteiger partial charge in [0.05, 0.1) is 23.4 Å². The molecule has 0 fully saturated rings. The minimum atomic E-state index is -2.07. The molecule has 2 atom stereocenters. The van der Waals surface area contributed by atoms with Gasteiger partial charge < -0.3 is 14.0 Å². The Morgan fingerprint density at radius 2 is 1.44 bits per heavy atom. The average Bonchev–Trinajstić information content (AvgIpc) is 3.51. The van der Waals surface area contributed by atoms with Crippen molar-refractivity contribution in [1.29, 1.82) is 0 Å². The van der Waals surface area contributed by atoms with Crippen LogP contribution in [0.5, 0.6) is 0 Å². The lowest BCUT2D eigenvalue weighted by Crippen LogP contribution is -2.43.